The number of sulfonamides is 1. The predicted molar refractivity (Wildman–Crippen MR) is 74.8 cm³/mol. The zero-order chi connectivity index (χ0) is 14.8. The second kappa shape index (κ2) is 5.67. The number of aliphatic hydroxyl groups is 1. The maximum Gasteiger partial charge on any atom is 0.246 e. The maximum absolute atomic E-state index is 12.1. The van der Waals surface area contributed by atoms with Crippen LogP contribution in [0.5, 0.6) is 0 Å². The first kappa shape index (κ1) is 15.2. The number of nitrogens with one attached hydrogen (secondary N) is 2. The topological polar surface area (TPSA) is 99.3 Å². The molecule has 7 heteroatoms. The van der Waals surface area contributed by atoms with Gasteiger partial charge in [0.05, 0.1) is 5.60 Å². The fourth-order valence-electron chi connectivity index (χ4n) is 2.39. The summed E-state index contributed by atoms with van der Waals surface area (Å²) in [6.45, 7) is 2.06. The molecule has 0 spiro atoms. The van der Waals surface area contributed by atoms with Crippen LogP contribution in [0.1, 0.15) is 32.6 Å². The minimum atomic E-state index is -3.90. The zero-order valence-corrected chi connectivity index (χ0v) is 12.2. The van der Waals surface area contributed by atoms with Crippen molar-refractivity contribution in [2.24, 2.45) is 5.92 Å². The maximum atomic E-state index is 12.1. The van der Waals surface area contributed by atoms with Gasteiger partial charge < -0.3 is 10.1 Å². The van der Waals surface area contributed by atoms with E-state index in [-0.39, 0.29) is 11.4 Å². The SMILES string of the molecule is CC1CCC(O)(CNS(=O)(=O)c2c[nH]ccc2=O)CC1. The highest BCUT2D eigenvalue weighted by molar-refractivity contribution is 7.89. The van der Waals surface area contributed by atoms with Crippen molar-refractivity contribution < 1.29 is 13.5 Å². The Morgan fingerprint density at radius 2 is 2.10 bits per heavy atom. The molecule has 0 aliphatic heterocycles. The molecule has 1 aliphatic rings. The summed E-state index contributed by atoms with van der Waals surface area (Å²) in [5.41, 5.74) is -1.58. The van der Waals surface area contributed by atoms with Gasteiger partial charge in [0, 0.05) is 25.0 Å². The van der Waals surface area contributed by atoms with Crippen molar-refractivity contribution in [1.29, 1.82) is 0 Å². The van der Waals surface area contributed by atoms with Crippen molar-refractivity contribution in [2.75, 3.05) is 6.54 Å². The van der Waals surface area contributed by atoms with E-state index in [1.54, 1.807) is 0 Å². The predicted octanol–water partition coefficient (Wildman–Crippen LogP) is 0.594. The number of aromatic nitrogens is 1. The summed E-state index contributed by atoms with van der Waals surface area (Å²) in [6, 6.07) is 1.16. The highest BCUT2D eigenvalue weighted by atomic mass is 32.2. The van der Waals surface area contributed by atoms with E-state index in [1.165, 1.54) is 6.20 Å². The first-order valence-electron chi connectivity index (χ1n) is 6.72. The Balaban J connectivity index is 2.07. The molecule has 1 aromatic heterocycles. The van der Waals surface area contributed by atoms with Crippen molar-refractivity contribution in [1.82, 2.24) is 9.71 Å². The number of aromatic amines is 1. The van der Waals surface area contributed by atoms with Gasteiger partial charge in [-0.1, -0.05) is 6.92 Å². The summed E-state index contributed by atoms with van der Waals surface area (Å²) in [7, 11) is -3.90. The Morgan fingerprint density at radius 3 is 2.70 bits per heavy atom. The molecule has 0 bridgehead atoms. The summed E-state index contributed by atoms with van der Waals surface area (Å²) < 4.78 is 26.5. The van der Waals surface area contributed by atoms with Gasteiger partial charge in [-0.05, 0) is 31.6 Å². The monoisotopic (exact) mass is 300 g/mol. The number of rotatable bonds is 4. The van der Waals surface area contributed by atoms with Crippen LogP contribution in [0.25, 0.3) is 0 Å². The molecule has 6 nitrogen and oxygen atoms in total. The number of H-pyrrole nitrogens is 1. The van der Waals surface area contributed by atoms with Crippen LogP contribution in [0.3, 0.4) is 0 Å². The van der Waals surface area contributed by atoms with Gasteiger partial charge in [0.1, 0.15) is 4.90 Å². The third-order valence-corrected chi connectivity index (χ3v) is 5.30. The van der Waals surface area contributed by atoms with Crippen LogP contribution in [-0.2, 0) is 10.0 Å². The van der Waals surface area contributed by atoms with E-state index >= 15 is 0 Å². The summed E-state index contributed by atoms with van der Waals surface area (Å²) in [6.07, 6.45) is 5.42. The largest absolute Gasteiger partial charge is 0.389 e. The number of hydrogen-bond acceptors (Lipinski definition) is 4. The Kier molecular flexibility index (Phi) is 4.31. The molecule has 3 N–H and O–H groups in total. The second-order valence-corrected chi connectivity index (χ2v) is 7.34. The summed E-state index contributed by atoms with van der Waals surface area (Å²) >= 11 is 0. The lowest BCUT2D eigenvalue weighted by Crippen LogP contribution is -2.45. The van der Waals surface area contributed by atoms with Crippen molar-refractivity contribution in [3.8, 4) is 0 Å². The van der Waals surface area contributed by atoms with Crippen LogP contribution < -0.4 is 10.2 Å². The lowest BCUT2D eigenvalue weighted by atomic mass is 9.80. The molecule has 1 saturated carbocycles. The molecule has 1 aromatic rings. The molecule has 2 rings (SSSR count). The van der Waals surface area contributed by atoms with Crippen molar-refractivity contribution in [2.45, 2.75) is 43.1 Å². The molecule has 20 heavy (non-hydrogen) atoms. The Labute approximate surface area is 118 Å². The highest BCUT2D eigenvalue weighted by Gasteiger charge is 2.33. The van der Waals surface area contributed by atoms with E-state index < -0.39 is 21.1 Å². The highest BCUT2D eigenvalue weighted by Crippen LogP contribution is 2.31. The normalized spacial score (nSPS) is 27.4. The van der Waals surface area contributed by atoms with E-state index in [4.69, 9.17) is 0 Å². The van der Waals surface area contributed by atoms with E-state index in [0.717, 1.165) is 25.1 Å². The number of pyridine rings is 1. The van der Waals surface area contributed by atoms with E-state index in [9.17, 15) is 18.3 Å². The lowest BCUT2D eigenvalue weighted by molar-refractivity contribution is -0.00183. The first-order chi connectivity index (χ1) is 9.32. The third kappa shape index (κ3) is 3.47. The molecule has 0 saturated heterocycles. The van der Waals surface area contributed by atoms with E-state index in [2.05, 4.69) is 16.6 Å². The summed E-state index contributed by atoms with van der Waals surface area (Å²) in [4.78, 5) is 13.8. The molecule has 0 aromatic carbocycles. The van der Waals surface area contributed by atoms with Crippen LogP contribution in [-0.4, -0.2) is 30.7 Å². The van der Waals surface area contributed by atoms with Gasteiger partial charge >= 0.3 is 0 Å². The van der Waals surface area contributed by atoms with Gasteiger partial charge in [0.15, 0.2) is 0 Å². The summed E-state index contributed by atoms with van der Waals surface area (Å²) in [5.74, 6) is 0.559. The lowest BCUT2D eigenvalue weighted by Gasteiger charge is -2.34. The standard InChI is InChI=1S/C13H20N2O4S/c1-10-2-5-13(17,6-3-10)9-15-20(18,19)12-8-14-7-4-11(12)16/h4,7-8,10,15,17H,2-3,5-6,9H2,1H3,(H,14,16). The molecule has 1 fully saturated rings. The van der Waals surface area contributed by atoms with Crippen LogP contribution >= 0.6 is 0 Å². The molecule has 1 heterocycles. The van der Waals surface area contributed by atoms with Crippen LogP contribution in [0.2, 0.25) is 0 Å². The second-order valence-electron chi connectivity index (χ2n) is 5.60. The fourth-order valence-corrected chi connectivity index (χ4v) is 3.56. The van der Waals surface area contributed by atoms with Gasteiger partial charge in [0.25, 0.3) is 0 Å². The molecule has 0 atom stereocenters. The molecular formula is C13H20N2O4S. The Morgan fingerprint density at radius 1 is 1.45 bits per heavy atom. The average molecular weight is 300 g/mol. The third-order valence-electron chi connectivity index (χ3n) is 3.87. The summed E-state index contributed by atoms with van der Waals surface area (Å²) in [5, 5.41) is 10.4. The van der Waals surface area contributed by atoms with Gasteiger partial charge in [-0.15, -0.1) is 0 Å². The van der Waals surface area contributed by atoms with Gasteiger partial charge in [-0.25, -0.2) is 13.1 Å². The van der Waals surface area contributed by atoms with Gasteiger partial charge in [-0.3, -0.25) is 4.79 Å². The number of hydrogen-bond donors (Lipinski definition) is 3. The van der Waals surface area contributed by atoms with Crippen molar-refractivity contribution in [3.63, 3.8) is 0 Å². The fraction of sp³-hybridized carbons (Fsp3) is 0.615. The van der Waals surface area contributed by atoms with Gasteiger partial charge in [0.2, 0.25) is 15.5 Å². The van der Waals surface area contributed by atoms with Crippen LogP contribution in [0, 0.1) is 5.92 Å². The molecular weight excluding hydrogens is 280 g/mol. The van der Waals surface area contributed by atoms with Crippen LogP contribution in [0.4, 0.5) is 0 Å². The van der Waals surface area contributed by atoms with Gasteiger partial charge in [-0.2, -0.15) is 0 Å². The average Bonchev–Trinajstić information content (AvgIpc) is 2.41. The Hall–Kier alpha value is -1.18. The van der Waals surface area contributed by atoms with E-state index in [1.807, 2.05) is 0 Å². The quantitative estimate of drug-likeness (QED) is 0.758. The first-order valence-corrected chi connectivity index (χ1v) is 8.20. The molecule has 1 aliphatic carbocycles. The molecule has 0 amide bonds. The zero-order valence-electron chi connectivity index (χ0n) is 11.4. The molecule has 0 unspecified atom stereocenters. The minimum absolute atomic E-state index is 0.0591. The van der Waals surface area contributed by atoms with Crippen LogP contribution in [0.15, 0.2) is 28.2 Å². The smallest absolute Gasteiger partial charge is 0.246 e. The van der Waals surface area contributed by atoms with E-state index in [0.29, 0.717) is 18.8 Å². The molecule has 0 radical (unpaired) electrons. The van der Waals surface area contributed by atoms with Crippen molar-refractivity contribution >= 4 is 10.0 Å². The molecule has 112 valence electrons. The minimum Gasteiger partial charge on any atom is -0.389 e. The van der Waals surface area contributed by atoms with Crippen molar-refractivity contribution in [3.05, 3.63) is 28.7 Å². The Bertz CT molecular complexity index is 615.